The number of carboxylic acids is 1. The molecule has 3 N–H and O–H groups in total. The minimum absolute atomic E-state index is 0.427. The third kappa shape index (κ3) is 4.93. The number of carbonyl (C=O) groups excluding carboxylic acids is 2. The molecule has 0 aromatic heterocycles. The first-order valence-corrected chi connectivity index (χ1v) is 5.93. The fourth-order valence-electron chi connectivity index (χ4n) is 1.60. The molecule has 6 nitrogen and oxygen atoms in total. The molecule has 0 aliphatic rings. The Kier molecular flexibility index (Phi) is 5.46. The van der Waals surface area contributed by atoms with E-state index in [1.54, 1.807) is 6.08 Å². The van der Waals surface area contributed by atoms with E-state index in [0.717, 1.165) is 16.0 Å². The fraction of sp³-hybridized carbons (Fsp3) is 0.214. The summed E-state index contributed by atoms with van der Waals surface area (Å²) in [7, 11) is 0. The summed E-state index contributed by atoms with van der Waals surface area (Å²) in [5, 5.41) is 8.70. The quantitative estimate of drug-likeness (QED) is 0.735. The Morgan fingerprint density at radius 3 is 2.45 bits per heavy atom. The summed E-state index contributed by atoms with van der Waals surface area (Å²) in [5.74, 6) is -2.54. The van der Waals surface area contributed by atoms with Crippen molar-refractivity contribution in [3.8, 4) is 0 Å². The average molecular weight is 276 g/mol. The largest absolute Gasteiger partial charge is 0.480 e. The van der Waals surface area contributed by atoms with Crippen molar-refractivity contribution in [1.82, 2.24) is 4.90 Å². The van der Waals surface area contributed by atoms with Gasteiger partial charge in [0.2, 0.25) is 11.8 Å². The molecule has 0 saturated heterocycles. The normalized spacial score (nSPS) is 10.4. The smallest absolute Gasteiger partial charge is 0.323 e. The summed E-state index contributed by atoms with van der Waals surface area (Å²) < 4.78 is 0. The van der Waals surface area contributed by atoms with Crippen molar-refractivity contribution in [2.24, 2.45) is 5.73 Å². The maximum atomic E-state index is 11.9. The maximum absolute atomic E-state index is 11.9. The number of amides is 2. The van der Waals surface area contributed by atoms with E-state index in [1.165, 1.54) is 6.08 Å². The highest BCUT2D eigenvalue weighted by molar-refractivity contribution is 5.96. The lowest BCUT2D eigenvalue weighted by Gasteiger charge is -2.16. The number of aliphatic carboxylic acids is 1. The van der Waals surface area contributed by atoms with Crippen LogP contribution < -0.4 is 5.73 Å². The highest BCUT2D eigenvalue weighted by atomic mass is 16.4. The van der Waals surface area contributed by atoms with Gasteiger partial charge in [-0.3, -0.25) is 14.4 Å². The summed E-state index contributed by atoms with van der Waals surface area (Å²) in [5.41, 5.74) is 6.81. The first-order chi connectivity index (χ1) is 9.40. The van der Waals surface area contributed by atoms with Crippen molar-refractivity contribution in [1.29, 1.82) is 0 Å². The predicted octanol–water partition coefficient (Wildman–Crippen LogP) is 0.407. The SMILES string of the molecule is Cc1ccccc1/C=C/C(=O)N(CC(N)=O)CC(=O)O. The molecule has 0 radical (unpaired) electrons. The molecule has 0 heterocycles. The number of nitrogens with two attached hydrogens (primary N) is 1. The minimum atomic E-state index is -1.20. The molecule has 106 valence electrons. The fourth-order valence-corrected chi connectivity index (χ4v) is 1.60. The van der Waals surface area contributed by atoms with Crippen LogP contribution in [0.25, 0.3) is 6.08 Å². The van der Waals surface area contributed by atoms with Crippen LogP contribution in [-0.4, -0.2) is 40.9 Å². The molecule has 20 heavy (non-hydrogen) atoms. The lowest BCUT2D eigenvalue weighted by molar-refractivity contribution is -0.143. The van der Waals surface area contributed by atoms with Gasteiger partial charge in [-0.1, -0.05) is 24.3 Å². The van der Waals surface area contributed by atoms with Gasteiger partial charge in [-0.2, -0.15) is 0 Å². The molecule has 0 fully saturated rings. The second kappa shape index (κ2) is 7.08. The van der Waals surface area contributed by atoms with Crippen molar-refractivity contribution in [3.63, 3.8) is 0 Å². The van der Waals surface area contributed by atoms with Crippen molar-refractivity contribution < 1.29 is 19.5 Å². The number of aryl methyl sites for hydroxylation is 1. The van der Waals surface area contributed by atoms with Gasteiger partial charge in [-0.25, -0.2) is 0 Å². The van der Waals surface area contributed by atoms with E-state index in [2.05, 4.69) is 0 Å². The lowest BCUT2D eigenvalue weighted by Crippen LogP contribution is -2.40. The van der Waals surface area contributed by atoms with Gasteiger partial charge in [0.25, 0.3) is 0 Å². The van der Waals surface area contributed by atoms with Crippen LogP contribution in [0.4, 0.5) is 0 Å². The average Bonchev–Trinajstić information content (AvgIpc) is 2.35. The highest BCUT2D eigenvalue weighted by Crippen LogP contribution is 2.09. The zero-order valence-electron chi connectivity index (χ0n) is 11.1. The Hall–Kier alpha value is -2.63. The van der Waals surface area contributed by atoms with E-state index >= 15 is 0 Å². The molecule has 1 aromatic carbocycles. The van der Waals surface area contributed by atoms with Crippen molar-refractivity contribution in [2.45, 2.75) is 6.92 Å². The standard InChI is InChI=1S/C14H16N2O4/c1-10-4-2-3-5-11(10)6-7-13(18)16(8-12(15)17)9-14(19)20/h2-7H,8-9H2,1H3,(H2,15,17)(H,19,20)/b7-6+. The molecule has 0 spiro atoms. The number of carbonyl (C=O) groups is 3. The zero-order valence-corrected chi connectivity index (χ0v) is 11.1. The first kappa shape index (κ1) is 15.4. The van der Waals surface area contributed by atoms with E-state index < -0.39 is 30.9 Å². The number of carboxylic acid groups (broad SMARTS) is 1. The molecule has 2 amide bonds. The molecule has 1 aromatic rings. The number of benzene rings is 1. The van der Waals surface area contributed by atoms with Crippen molar-refractivity contribution in [3.05, 3.63) is 41.5 Å². The highest BCUT2D eigenvalue weighted by Gasteiger charge is 2.16. The van der Waals surface area contributed by atoms with Gasteiger partial charge in [0.05, 0.1) is 0 Å². The van der Waals surface area contributed by atoms with Gasteiger partial charge in [-0.05, 0) is 24.1 Å². The molecular formula is C14H16N2O4. The second-order valence-corrected chi connectivity index (χ2v) is 4.24. The number of hydrogen-bond donors (Lipinski definition) is 2. The van der Waals surface area contributed by atoms with E-state index in [-0.39, 0.29) is 0 Å². The number of primary amides is 1. The van der Waals surface area contributed by atoms with Crippen LogP contribution in [0.15, 0.2) is 30.3 Å². The van der Waals surface area contributed by atoms with E-state index in [1.807, 2.05) is 31.2 Å². The Bertz CT molecular complexity index is 536. The molecule has 0 bridgehead atoms. The summed E-state index contributed by atoms with van der Waals surface area (Å²) in [6.45, 7) is 0.895. The van der Waals surface area contributed by atoms with Crippen LogP contribution in [0.3, 0.4) is 0 Å². The summed E-state index contributed by atoms with van der Waals surface area (Å²) in [6.07, 6.45) is 2.81. The number of nitrogens with zero attached hydrogens (tertiary/aromatic N) is 1. The Morgan fingerprint density at radius 2 is 1.90 bits per heavy atom. The van der Waals surface area contributed by atoms with Crippen LogP contribution in [0, 0.1) is 6.92 Å². The molecule has 0 unspecified atom stereocenters. The van der Waals surface area contributed by atoms with Crippen molar-refractivity contribution in [2.75, 3.05) is 13.1 Å². The summed E-state index contributed by atoms with van der Waals surface area (Å²) >= 11 is 0. The third-order valence-corrected chi connectivity index (χ3v) is 2.58. The van der Waals surface area contributed by atoms with E-state index in [0.29, 0.717) is 0 Å². The second-order valence-electron chi connectivity index (χ2n) is 4.24. The Morgan fingerprint density at radius 1 is 1.25 bits per heavy atom. The Balaban J connectivity index is 2.82. The monoisotopic (exact) mass is 276 g/mol. The minimum Gasteiger partial charge on any atom is -0.480 e. The zero-order chi connectivity index (χ0) is 15.1. The van der Waals surface area contributed by atoms with Gasteiger partial charge in [0.15, 0.2) is 0 Å². The van der Waals surface area contributed by atoms with Crippen LogP contribution in [0.5, 0.6) is 0 Å². The summed E-state index contributed by atoms with van der Waals surface area (Å²) in [4.78, 5) is 34.2. The molecule has 0 aliphatic carbocycles. The van der Waals surface area contributed by atoms with Crippen LogP contribution in [-0.2, 0) is 14.4 Å². The van der Waals surface area contributed by atoms with Gasteiger partial charge < -0.3 is 15.7 Å². The number of rotatable bonds is 6. The maximum Gasteiger partial charge on any atom is 0.323 e. The molecule has 1 rings (SSSR count). The lowest BCUT2D eigenvalue weighted by atomic mass is 10.1. The predicted molar refractivity (Wildman–Crippen MR) is 73.6 cm³/mol. The van der Waals surface area contributed by atoms with Crippen LogP contribution in [0.2, 0.25) is 0 Å². The molecule has 0 atom stereocenters. The van der Waals surface area contributed by atoms with Crippen LogP contribution >= 0.6 is 0 Å². The van der Waals surface area contributed by atoms with Gasteiger partial charge >= 0.3 is 5.97 Å². The van der Waals surface area contributed by atoms with Gasteiger partial charge in [-0.15, -0.1) is 0 Å². The molecule has 0 aliphatic heterocycles. The van der Waals surface area contributed by atoms with Gasteiger partial charge in [0, 0.05) is 6.08 Å². The van der Waals surface area contributed by atoms with E-state index in [4.69, 9.17) is 10.8 Å². The van der Waals surface area contributed by atoms with E-state index in [9.17, 15) is 14.4 Å². The topological polar surface area (TPSA) is 101 Å². The van der Waals surface area contributed by atoms with Crippen LogP contribution in [0.1, 0.15) is 11.1 Å². The Labute approximate surface area is 116 Å². The molecular weight excluding hydrogens is 260 g/mol. The van der Waals surface area contributed by atoms with Crippen molar-refractivity contribution >= 4 is 23.9 Å². The first-order valence-electron chi connectivity index (χ1n) is 5.93. The number of hydrogen-bond acceptors (Lipinski definition) is 3. The summed E-state index contributed by atoms with van der Waals surface area (Å²) in [6, 6.07) is 7.42. The third-order valence-electron chi connectivity index (χ3n) is 2.58. The molecule has 0 saturated carbocycles. The van der Waals surface area contributed by atoms with Gasteiger partial charge in [0.1, 0.15) is 13.1 Å². The molecule has 6 heteroatoms.